The van der Waals surface area contributed by atoms with Gasteiger partial charge >= 0.3 is 5.97 Å². The van der Waals surface area contributed by atoms with Crippen molar-refractivity contribution in [3.05, 3.63) is 29.3 Å². The quantitative estimate of drug-likeness (QED) is 0.562. The molecule has 94 valence electrons. The molecule has 0 unspecified atom stereocenters. The van der Waals surface area contributed by atoms with Crippen LogP contribution in [0.4, 0.5) is 0 Å². The van der Waals surface area contributed by atoms with Crippen LogP contribution in [0.1, 0.15) is 30.9 Å². The molecule has 0 saturated carbocycles. The molecule has 3 heteroatoms. The van der Waals surface area contributed by atoms with Crippen LogP contribution in [-0.2, 0) is 9.53 Å². The maximum absolute atomic E-state index is 11.1. The van der Waals surface area contributed by atoms with Crippen molar-refractivity contribution in [1.82, 2.24) is 0 Å². The Balaban J connectivity index is 2.28. The normalized spacial score (nSPS) is 10.1. The van der Waals surface area contributed by atoms with E-state index in [2.05, 4.69) is 6.07 Å². The number of hydrogen-bond acceptors (Lipinski definition) is 3. The van der Waals surface area contributed by atoms with Gasteiger partial charge < -0.3 is 9.47 Å². The van der Waals surface area contributed by atoms with Crippen molar-refractivity contribution in [3.63, 3.8) is 0 Å². The molecule has 0 amide bonds. The highest BCUT2D eigenvalue weighted by Gasteiger charge is 2.02. The lowest BCUT2D eigenvalue weighted by molar-refractivity contribution is -0.143. The van der Waals surface area contributed by atoms with Crippen molar-refractivity contribution in [2.75, 3.05) is 13.2 Å². The molecule has 0 spiro atoms. The van der Waals surface area contributed by atoms with Crippen LogP contribution in [0.25, 0.3) is 0 Å². The van der Waals surface area contributed by atoms with E-state index in [1.807, 2.05) is 32.9 Å². The molecule has 0 aliphatic rings. The third kappa shape index (κ3) is 5.38. The van der Waals surface area contributed by atoms with Crippen molar-refractivity contribution < 1.29 is 14.3 Å². The predicted octanol–water partition coefficient (Wildman–Crippen LogP) is 3.03. The van der Waals surface area contributed by atoms with Crippen molar-refractivity contribution in [1.29, 1.82) is 0 Å². The van der Waals surface area contributed by atoms with Crippen molar-refractivity contribution in [2.45, 2.75) is 33.6 Å². The Kier molecular flexibility index (Phi) is 5.53. The van der Waals surface area contributed by atoms with Crippen LogP contribution in [0, 0.1) is 13.8 Å². The van der Waals surface area contributed by atoms with E-state index >= 15 is 0 Å². The summed E-state index contributed by atoms with van der Waals surface area (Å²) >= 11 is 0. The van der Waals surface area contributed by atoms with Crippen LogP contribution >= 0.6 is 0 Å². The zero-order valence-corrected chi connectivity index (χ0v) is 10.8. The molecule has 1 aromatic carbocycles. The largest absolute Gasteiger partial charge is 0.494 e. The van der Waals surface area contributed by atoms with E-state index in [4.69, 9.17) is 9.47 Å². The van der Waals surface area contributed by atoms with Crippen LogP contribution in [0.5, 0.6) is 5.75 Å². The lowest BCUT2D eigenvalue weighted by atomic mass is 10.1. The molecule has 0 atom stereocenters. The number of aryl methyl sites for hydroxylation is 2. The molecule has 0 aliphatic heterocycles. The van der Waals surface area contributed by atoms with Crippen LogP contribution < -0.4 is 4.74 Å². The Morgan fingerprint density at radius 3 is 2.41 bits per heavy atom. The van der Waals surface area contributed by atoms with Gasteiger partial charge in [-0.15, -0.1) is 0 Å². The highest BCUT2D eigenvalue weighted by Crippen LogP contribution is 2.16. The van der Waals surface area contributed by atoms with Gasteiger partial charge in [-0.05, 0) is 50.5 Å². The zero-order chi connectivity index (χ0) is 12.7. The van der Waals surface area contributed by atoms with E-state index in [-0.39, 0.29) is 5.97 Å². The molecular formula is C14H20O3. The second kappa shape index (κ2) is 6.94. The van der Waals surface area contributed by atoms with Gasteiger partial charge in [-0.2, -0.15) is 0 Å². The first-order valence-electron chi connectivity index (χ1n) is 5.98. The molecule has 0 radical (unpaired) electrons. The minimum atomic E-state index is -0.156. The summed E-state index contributed by atoms with van der Waals surface area (Å²) in [5.74, 6) is 0.711. The molecule has 0 bridgehead atoms. The van der Waals surface area contributed by atoms with Gasteiger partial charge in [-0.25, -0.2) is 0 Å². The standard InChI is InChI=1S/C14H20O3/c1-4-16-14(15)6-5-7-17-13-9-11(2)8-12(3)10-13/h8-10H,4-7H2,1-3H3. The topological polar surface area (TPSA) is 35.5 Å². The minimum absolute atomic E-state index is 0.156. The average molecular weight is 236 g/mol. The lowest BCUT2D eigenvalue weighted by Crippen LogP contribution is -2.06. The smallest absolute Gasteiger partial charge is 0.305 e. The molecule has 0 N–H and O–H groups in total. The summed E-state index contributed by atoms with van der Waals surface area (Å²) in [6.07, 6.45) is 1.10. The second-order valence-corrected chi connectivity index (χ2v) is 4.08. The van der Waals surface area contributed by atoms with Gasteiger partial charge in [0.15, 0.2) is 0 Å². The summed E-state index contributed by atoms with van der Waals surface area (Å²) in [5.41, 5.74) is 2.37. The van der Waals surface area contributed by atoms with E-state index in [1.54, 1.807) is 0 Å². The molecular weight excluding hydrogens is 216 g/mol. The van der Waals surface area contributed by atoms with Crippen LogP contribution in [0.15, 0.2) is 18.2 Å². The Hall–Kier alpha value is -1.51. The number of esters is 1. The van der Waals surface area contributed by atoms with Crippen molar-refractivity contribution >= 4 is 5.97 Å². The van der Waals surface area contributed by atoms with E-state index in [0.717, 1.165) is 5.75 Å². The first kappa shape index (κ1) is 13.6. The van der Waals surface area contributed by atoms with Gasteiger partial charge in [0.1, 0.15) is 5.75 Å². The molecule has 0 aliphatic carbocycles. The number of hydrogen-bond donors (Lipinski definition) is 0. The molecule has 17 heavy (non-hydrogen) atoms. The maximum Gasteiger partial charge on any atom is 0.305 e. The molecule has 1 rings (SSSR count). The van der Waals surface area contributed by atoms with E-state index < -0.39 is 0 Å². The summed E-state index contributed by atoms with van der Waals surface area (Å²) in [4.78, 5) is 11.1. The summed E-state index contributed by atoms with van der Waals surface area (Å²) in [6, 6.07) is 6.10. The van der Waals surface area contributed by atoms with E-state index in [9.17, 15) is 4.79 Å². The number of carbonyl (C=O) groups excluding carboxylic acids is 1. The molecule has 0 fully saturated rings. The van der Waals surface area contributed by atoms with Gasteiger partial charge in [0.25, 0.3) is 0 Å². The van der Waals surface area contributed by atoms with Crippen LogP contribution in [-0.4, -0.2) is 19.2 Å². The summed E-state index contributed by atoms with van der Waals surface area (Å²) < 4.78 is 10.4. The maximum atomic E-state index is 11.1. The van der Waals surface area contributed by atoms with Crippen molar-refractivity contribution in [2.24, 2.45) is 0 Å². The zero-order valence-electron chi connectivity index (χ0n) is 10.8. The number of benzene rings is 1. The Morgan fingerprint density at radius 2 is 1.82 bits per heavy atom. The third-order valence-corrected chi connectivity index (χ3v) is 2.29. The first-order valence-corrected chi connectivity index (χ1v) is 5.98. The van der Waals surface area contributed by atoms with E-state index in [1.165, 1.54) is 11.1 Å². The van der Waals surface area contributed by atoms with Gasteiger partial charge in [0.2, 0.25) is 0 Å². The summed E-state index contributed by atoms with van der Waals surface area (Å²) in [7, 11) is 0. The third-order valence-electron chi connectivity index (χ3n) is 2.29. The van der Waals surface area contributed by atoms with Gasteiger partial charge in [0.05, 0.1) is 13.2 Å². The van der Waals surface area contributed by atoms with Crippen molar-refractivity contribution in [3.8, 4) is 5.75 Å². The minimum Gasteiger partial charge on any atom is -0.494 e. The molecule has 0 saturated heterocycles. The van der Waals surface area contributed by atoms with Crippen LogP contribution in [0.2, 0.25) is 0 Å². The Bertz CT molecular complexity index is 351. The van der Waals surface area contributed by atoms with Crippen LogP contribution in [0.3, 0.4) is 0 Å². The SMILES string of the molecule is CCOC(=O)CCCOc1cc(C)cc(C)c1. The van der Waals surface area contributed by atoms with Gasteiger partial charge in [-0.3, -0.25) is 4.79 Å². The fourth-order valence-electron chi connectivity index (χ4n) is 1.66. The van der Waals surface area contributed by atoms with E-state index in [0.29, 0.717) is 26.1 Å². The van der Waals surface area contributed by atoms with Gasteiger partial charge in [0, 0.05) is 6.42 Å². The monoisotopic (exact) mass is 236 g/mol. The first-order chi connectivity index (χ1) is 8.11. The number of carbonyl (C=O) groups is 1. The highest BCUT2D eigenvalue weighted by atomic mass is 16.5. The fourth-order valence-corrected chi connectivity index (χ4v) is 1.66. The molecule has 0 aromatic heterocycles. The Morgan fingerprint density at radius 1 is 1.18 bits per heavy atom. The highest BCUT2D eigenvalue weighted by molar-refractivity contribution is 5.69. The predicted molar refractivity (Wildman–Crippen MR) is 67.3 cm³/mol. The number of rotatable bonds is 6. The molecule has 1 aromatic rings. The lowest BCUT2D eigenvalue weighted by Gasteiger charge is -2.08. The second-order valence-electron chi connectivity index (χ2n) is 4.08. The van der Waals surface area contributed by atoms with Gasteiger partial charge in [-0.1, -0.05) is 6.07 Å². The summed E-state index contributed by atoms with van der Waals surface area (Å²) in [5, 5.41) is 0. The number of ether oxygens (including phenoxy) is 2. The molecule has 3 nitrogen and oxygen atoms in total. The summed E-state index contributed by atoms with van der Waals surface area (Å²) in [6.45, 7) is 6.87. The average Bonchev–Trinajstić information content (AvgIpc) is 2.23. The Labute approximate surface area is 103 Å². The fraction of sp³-hybridized carbons (Fsp3) is 0.500. The molecule has 0 heterocycles.